The maximum absolute atomic E-state index is 10.7. The number of carboxylic acid groups (broad SMARTS) is 1. The molecule has 2 rings (SSSR count). The average Bonchev–Trinajstić information content (AvgIpc) is 3.10. The lowest BCUT2D eigenvalue weighted by Gasteiger charge is -2.21. The Balaban J connectivity index is 2.18. The zero-order valence-electron chi connectivity index (χ0n) is 8.89. The van der Waals surface area contributed by atoms with Crippen LogP contribution in [0.3, 0.4) is 0 Å². The van der Waals surface area contributed by atoms with Crippen molar-refractivity contribution in [3.05, 3.63) is 29.8 Å². The zero-order valence-corrected chi connectivity index (χ0v) is 8.89. The number of hydrogen-bond donors (Lipinski definition) is 1. The molecule has 0 aliphatic heterocycles. The summed E-state index contributed by atoms with van der Waals surface area (Å²) < 4.78 is 0. The molecule has 82 valence electrons. The average molecular weight is 215 g/mol. The van der Waals surface area contributed by atoms with Gasteiger partial charge < -0.3 is 10.0 Å². The second-order valence-corrected chi connectivity index (χ2v) is 3.92. The molecular formula is C13H13NO2. The zero-order chi connectivity index (χ0) is 11.5. The van der Waals surface area contributed by atoms with Crippen molar-refractivity contribution in [3.63, 3.8) is 0 Å². The highest BCUT2D eigenvalue weighted by atomic mass is 16.4. The van der Waals surface area contributed by atoms with Crippen LogP contribution in [0.1, 0.15) is 23.2 Å². The third-order valence-electron chi connectivity index (χ3n) is 2.70. The fraction of sp³-hybridized carbons (Fsp3) is 0.308. The van der Waals surface area contributed by atoms with Crippen molar-refractivity contribution in [1.82, 2.24) is 0 Å². The first-order valence-corrected chi connectivity index (χ1v) is 5.26. The molecule has 1 fully saturated rings. The third kappa shape index (κ3) is 2.17. The van der Waals surface area contributed by atoms with Crippen LogP contribution in [0.2, 0.25) is 0 Å². The van der Waals surface area contributed by atoms with E-state index in [0.29, 0.717) is 18.2 Å². The Kier molecular flexibility index (Phi) is 2.82. The number of carboxylic acids is 1. The molecule has 3 heteroatoms. The second kappa shape index (κ2) is 4.28. The second-order valence-electron chi connectivity index (χ2n) is 3.92. The van der Waals surface area contributed by atoms with E-state index in [0.717, 1.165) is 5.69 Å². The van der Waals surface area contributed by atoms with Crippen molar-refractivity contribution in [2.45, 2.75) is 18.9 Å². The van der Waals surface area contributed by atoms with Crippen LogP contribution in [0, 0.1) is 12.3 Å². The molecule has 1 aliphatic rings. The Bertz CT molecular complexity index is 426. The van der Waals surface area contributed by atoms with Gasteiger partial charge in [-0.15, -0.1) is 6.42 Å². The summed E-state index contributed by atoms with van der Waals surface area (Å²) >= 11 is 0. The number of nitrogens with zero attached hydrogens (tertiary/aromatic N) is 1. The van der Waals surface area contributed by atoms with Gasteiger partial charge in [0, 0.05) is 11.7 Å². The molecule has 0 unspecified atom stereocenters. The SMILES string of the molecule is C#CCN(c1ccc(C(=O)O)cc1)C1CC1. The van der Waals surface area contributed by atoms with Crippen LogP contribution in [-0.4, -0.2) is 23.7 Å². The van der Waals surface area contributed by atoms with E-state index in [-0.39, 0.29) is 0 Å². The highest BCUT2D eigenvalue weighted by Crippen LogP contribution is 2.31. The van der Waals surface area contributed by atoms with Crippen LogP contribution in [0.25, 0.3) is 0 Å². The quantitative estimate of drug-likeness (QED) is 0.781. The summed E-state index contributed by atoms with van der Waals surface area (Å²) in [6.07, 6.45) is 7.66. The van der Waals surface area contributed by atoms with Crippen LogP contribution in [-0.2, 0) is 0 Å². The summed E-state index contributed by atoms with van der Waals surface area (Å²) in [6, 6.07) is 7.40. The third-order valence-corrected chi connectivity index (χ3v) is 2.70. The summed E-state index contributed by atoms with van der Waals surface area (Å²) in [5.74, 6) is 1.73. The minimum absolute atomic E-state index is 0.306. The lowest BCUT2D eigenvalue weighted by molar-refractivity contribution is 0.0697. The number of terminal acetylenes is 1. The van der Waals surface area contributed by atoms with Crippen LogP contribution in [0.4, 0.5) is 5.69 Å². The highest BCUT2D eigenvalue weighted by Gasteiger charge is 2.28. The molecular weight excluding hydrogens is 202 g/mol. The van der Waals surface area contributed by atoms with Gasteiger partial charge in [0.05, 0.1) is 12.1 Å². The fourth-order valence-electron chi connectivity index (χ4n) is 1.71. The van der Waals surface area contributed by atoms with E-state index in [1.165, 1.54) is 12.8 Å². The van der Waals surface area contributed by atoms with E-state index in [2.05, 4.69) is 10.8 Å². The number of aromatic carboxylic acids is 1. The van der Waals surface area contributed by atoms with Crippen molar-refractivity contribution >= 4 is 11.7 Å². The van der Waals surface area contributed by atoms with Gasteiger partial charge in [-0.05, 0) is 37.1 Å². The standard InChI is InChI=1S/C13H13NO2/c1-2-9-14(12-7-8-12)11-5-3-10(4-6-11)13(15)16/h1,3-6,12H,7-9H2,(H,15,16). The molecule has 0 bridgehead atoms. The summed E-state index contributed by atoms with van der Waals surface area (Å²) in [5.41, 5.74) is 1.31. The summed E-state index contributed by atoms with van der Waals surface area (Å²) in [5, 5.41) is 8.79. The van der Waals surface area contributed by atoms with Gasteiger partial charge in [-0.1, -0.05) is 5.92 Å². The summed E-state index contributed by atoms with van der Waals surface area (Å²) in [7, 11) is 0. The number of anilines is 1. The minimum atomic E-state index is -0.901. The first-order chi connectivity index (χ1) is 7.72. The Hall–Kier alpha value is -1.95. The van der Waals surface area contributed by atoms with Crippen LogP contribution in [0.5, 0.6) is 0 Å². The molecule has 1 N–H and O–H groups in total. The number of rotatable bonds is 4. The van der Waals surface area contributed by atoms with Gasteiger partial charge in [-0.25, -0.2) is 4.79 Å². The van der Waals surface area contributed by atoms with E-state index < -0.39 is 5.97 Å². The van der Waals surface area contributed by atoms with Gasteiger partial charge >= 0.3 is 5.97 Å². The molecule has 1 aliphatic carbocycles. The molecule has 1 aromatic rings. The van der Waals surface area contributed by atoms with Crippen LogP contribution >= 0.6 is 0 Å². The number of carbonyl (C=O) groups is 1. The maximum Gasteiger partial charge on any atom is 0.335 e. The van der Waals surface area contributed by atoms with Crippen molar-refractivity contribution in [3.8, 4) is 12.3 Å². The Morgan fingerprint density at radius 1 is 1.44 bits per heavy atom. The normalized spacial score (nSPS) is 14.2. The Morgan fingerprint density at radius 2 is 2.06 bits per heavy atom. The number of benzene rings is 1. The molecule has 0 atom stereocenters. The smallest absolute Gasteiger partial charge is 0.335 e. The van der Waals surface area contributed by atoms with Crippen molar-refractivity contribution < 1.29 is 9.90 Å². The minimum Gasteiger partial charge on any atom is -0.478 e. The first kappa shape index (κ1) is 10.6. The van der Waals surface area contributed by atoms with Crippen molar-refractivity contribution in [1.29, 1.82) is 0 Å². The topological polar surface area (TPSA) is 40.5 Å². The summed E-state index contributed by atoms with van der Waals surface area (Å²) in [6.45, 7) is 0.580. The molecule has 16 heavy (non-hydrogen) atoms. The van der Waals surface area contributed by atoms with Crippen molar-refractivity contribution in [2.75, 3.05) is 11.4 Å². The van der Waals surface area contributed by atoms with E-state index >= 15 is 0 Å². The number of hydrogen-bond acceptors (Lipinski definition) is 2. The lowest BCUT2D eigenvalue weighted by Crippen LogP contribution is -2.25. The van der Waals surface area contributed by atoms with Gasteiger partial charge in [-0.3, -0.25) is 0 Å². The molecule has 0 heterocycles. The van der Waals surface area contributed by atoms with Gasteiger partial charge in [0.2, 0.25) is 0 Å². The monoisotopic (exact) mass is 215 g/mol. The Labute approximate surface area is 94.7 Å². The molecule has 3 nitrogen and oxygen atoms in total. The van der Waals surface area contributed by atoms with Gasteiger partial charge in [-0.2, -0.15) is 0 Å². The van der Waals surface area contributed by atoms with Crippen LogP contribution < -0.4 is 4.90 Å². The van der Waals surface area contributed by atoms with Crippen LogP contribution in [0.15, 0.2) is 24.3 Å². The highest BCUT2D eigenvalue weighted by molar-refractivity contribution is 5.88. The van der Waals surface area contributed by atoms with Gasteiger partial charge in [0.1, 0.15) is 0 Å². The predicted octanol–water partition coefficient (Wildman–Crippen LogP) is 1.99. The molecule has 0 saturated heterocycles. The molecule has 0 spiro atoms. The largest absolute Gasteiger partial charge is 0.478 e. The van der Waals surface area contributed by atoms with E-state index in [4.69, 9.17) is 11.5 Å². The predicted molar refractivity (Wildman–Crippen MR) is 62.6 cm³/mol. The fourth-order valence-corrected chi connectivity index (χ4v) is 1.71. The van der Waals surface area contributed by atoms with Gasteiger partial charge in [0.15, 0.2) is 0 Å². The maximum atomic E-state index is 10.7. The molecule has 0 radical (unpaired) electrons. The molecule has 1 saturated carbocycles. The van der Waals surface area contributed by atoms with E-state index in [9.17, 15) is 4.79 Å². The lowest BCUT2D eigenvalue weighted by atomic mass is 10.2. The summed E-state index contributed by atoms with van der Waals surface area (Å²) in [4.78, 5) is 12.9. The molecule has 0 amide bonds. The first-order valence-electron chi connectivity index (χ1n) is 5.26. The molecule has 0 aromatic heterocycles. The Morgan fingerprint density at radius 3 is 2.50 bits per heavy atom. The van der Waals surface area contributed by atoms with Gasteiger partial charge in [0.25, 0.3) is 0 Å². The molecule has 1 aromatic carbocycles. The van der Waals surface area contributed by atoms with E-state index in [1.807, 2.05) is 12.1 Å². The van der Waals surface area contributed by atoms with E-state index in [1.54, 1.807) is 12.1 Å². The van der Waals surface area contributed by atoms with Crippen molar-refractivity contribution in [2.24, 2.45) is 0 Å².